The maximum absolute atomic E-state index is 14.8. The maximum atomic E-state index is 14.8. The molecule has 4 heterocycles. The minimum atomic E-state index is -0.394. The first kappa shape index (κ1) is 18.5. The number of hydrogen-bond donors (Lipinski definition) is 2. The number of nitrogens with one attached hydrogen (secondary N) is 2. The minimum absolute atomic E-state index is 0.0687. The molecular formula is C22H18ClFN6O. The molecule has 3 aliphatic carbocycles. The Balaban J connectivity index is 1.53. The van der Waals surface area contributed by atoms with Crippen LogP contribution in [0.25, 0.3) is 33.5 Å². The van der Waals surface area contributed by atoms with Crippen molar-refractivity contribution >= 4 is 39.6 Å². The highest BCUT2D eigenvalue weighted by Gasteiger charge is 2.44. The molecule has 31 heavy (non-hydrogen) atoms. The fourth-order valence-corrected chi connectivity index (χ4v) is 5.10. The summed E-state index contributed by atoms with van der Waals surface area (Å²) in [4.78, 5) is 29.1. The predicted molar refractivity (Wildman–Crippen MR) is 115 cm³/mol. The molecule has 0 spiro atoms. The molecule has 156 valence electrons. The topological polar surface area (TPSA) is 88.5 Å². The zero-order valence-electron chi connectivity index (χ0n) is 16.6. The molecule has 7 nitrogen and oxygen atoms in total. The second-order valence-corrected chi connectivity index (χ2v) is 8.63. The number of carbonyl (C=O) groups is 1. The molecule has 2 N–H and O–H groups in total. The lowest BCUT2D eigenvalue weighted by atomic mass is 9.65. The van der Waals surface area contributed by atoms with Gasteiger partial charge in [0.15, 0.2) is 11.6 Å². The summed E-state index contributed by atoms with van der Waals surface area (Å²) in [6.45, 7) is 0. The van der Waals surface area contributed by atoms with Crippen molar-refractivity contribution in [2.24, 2.45) is 11.8 Å². The highest BCUT2D eigenvalue weighted by molar-refractivity contribution is 6.31. The fraction of sp³-hybridized carbons (Fsp3) is 0.273. The summed E-state index contributed by atoms with van der Waals surface area (Å²) in [5.41, 5.74) is 3.18. The monoisotopic (exact) mass is 436 g/mol. The molecule has 0 radical (unpaired) electrons. The Labute approximate surface area is 181 Å². The van der Waals surface area contributed by atoms with E-state index in [-0.39, 0.29) is 23.8 Å². The van der Waals surface area contributed by atoms with E-state index in [0.717, 1.165) is 23.8 Å². The summed E-state index contributed by atoms with van der Waals surface area (Å²) in [5, 5.41) is 4.38. The predicted octanol–water partition coefficient (Wildman–Crippen LogP) is 4.02. The molecule has 2 atom stereocenters. The van der Waals surface area contributed by atoms with Gasteiger partial charge in [-0.05, 0) is 24.8 Å². The summed E-state index contributed by atoms with van der Waals surface area (Å²) in [7, 11) is 1.63. The van der Waals surface area contributed by atoms with Crippen molar-refractivity contribution in [3.05, 3.63) is 53.3 Å². The second kappa shape index (κ2) is 6.62. The molecule has 4 aromatic heterocycles. The number of rotatable bonds is 3. The molecule has 1 amide bonds. The largest absolute Gasteiger partial charge is 0.359 e. The van der Waals surface area contributed by atoms with Crippen molar-refractivity contribution in [1.82, 2.24) is 29.8 Å². The molecule has 0 unspecified atom stereocenters. The third kappa shape index (κ3) is 2.71. The third-order valence-corrected chi connectivity index (χ3v) is 6.65. The summed E-state index contributed by atoms with van der Waals surface area (Å²) in [5.74, 6) is -0.0844. The van der Waals surface area contributed by atoms with Crippen molar-refractivity contribution in [3.63, 3.8) is 0 Å². The summed E-state index contributed by atoms with van der Waals surface area (Å²) in [6.07, 6.45) is 10.2. The van der Waals surface area contributed by atoms with Crippen LogP contribution in [-0.4, -0.2) is 37.5 Å². The molecule has 4 aromatic rings. The van der Waals surface area contributed by atoms with Crippen molar-refractivity contribution in [2.45, 2.75) is 18.9 Å². The van der Waals surface area contributed by atoms with E-state index in [1.54, 1.807) is 25.5 Å². The third-order valence-electron chi connectivity index (χ3n) is 6.45. The van der Waals surface area contributed by atoms with Crippen LogP contribution in [0.1, 0.15) is 18.9 Å². The molecule has 0 aromatic carbocycles. The Morgan fingerprint density at radius 1 is 1.29 bits per heavy atom. The number of H-pyrrole nitrogens is 1. The molecular weight excluding hydrogens is 419 g/mol. The Kier molecular flexibility index (Phi) is 3.95. The van der Waals surface area contributed by atoms with E-state index in [2.05, 4.69) is 20.3 Å². The molecule has 3 aliphatic rings. The number of pyridine rings is 1. The van der Waals surface area contributed by atoms with E-state index in [0.29, 0.717) is 27.5 Å². The van der Waals surface area contributed by atoms with E-state index in [4.69, 9.17) is 16.6 Å². The van der Waals surface area contributed by atoms with Gasteiger partial charge in [-0.25, -0.2) is 19.3 Å². The Hall–Kier alpha value is -3.26. The molecule has 0 aliphatic heterocycles. The van der Waals surface area contributed by atoms with Gasteiger partial charge < -0.3 is 14.9 Å². The van der Waals surface area contributed by atoms with Crippen molar-refractivity contribution in [2.75, 3.05) is 7.05 Å². The number of amides is 1. The number of fused-ring (bicyclic) bond motifs is 4. The van der Waals surface area contributed by atoms with E-state index < -0.39 is 5.82 Å². The van der Waals surface area contributed by atoms with Crippen LogP contribution >= 0.6 is 11.6 Å². The molecule has 1 saturated carbocycles. The number of allylic oxidation sites excluding steroid dienone is 1. The SMILES string of the molecule is CNC(=O)[C@@H]1C=C2CC(C2)[C@H]1n1cc(F)c2cnc(-c3c[nH]c4ncc(Cl)cc34)nc21. The van der Waals surface area contributed by atoms with Crippen LogP contribution in [-0.2, 0) is 4.79 Å². The van der Waals surface area contributed by atoms with Gasteiger partial charge in [-0.2, -0.15) is 0 Å². The number of carbonyl (C=O) groups excluding carboxylic acids is 1. The van der Waals surface area contributed by atoms with Gasteiger partial charge in [0, 0.05) is 42.8 Å². The van der Waals surface area contributed by atoms with Gasteiger partial charge in [-0.3, -0.25) is 4.79 Å². The van der Waals surface area contributed by atoms with Crippen LogP contribution in [0.4, 0.5) is 4.39 Å². The van der Waals surface area contributed by atoms with Crippen molar-refractivity contribution in [1.29, 1.82) is 0 Å². The van der Waals surface area contributed by atoms with E-state index >= 15 is 0 Å². The normalized spacial score (nSPS) is 22.4. The van der Waals surface area contributed by atoms with E-state index in [1.165, 1.54) is 18.0 Å². The van der Waals surface area contributed by atoms with Gasteiger partial charge >= 0.3 is 0 Å². The van der Waals surface area contributed by atoms with Gasteiger partial charge in [0.2, 0.25) is 5.91 Å². The zero-order chi connectivity index (χ0) is 21.3. The van der Waals surface area contributed by atoms with Gasteiger partial charge in [-0.15, -0.1) is 0 Å². The first-order valence-corrected chi connectivity index (χ1v) is 10.5. The fourth-order valence-electron chi connectivity index (χ4n) is 4.95. The van der Waals surface area contributed by atoms with Gasteiger partial charge in [0.05, 0.1) is 22.4 Å². The minimum Gasteiger partial charge on any atom is -0.359 e. The average molecular weight is 437 g/mol. The molecule has 2 bridgehead atoms. The number of nitrogens with zero attached hydrogens (tertiary/aromatic N) is 4. The number of hydrogen-bond acceptors (Lipinski definition) is 4. The summed E-state index contributed by atoms with van der Waals surface area (Å²) in [6, 6.07) is 1.61. The van der Waals surface area contributed by atoms with Gasteiger partial charge in [0.25, 0.3) is 0 Å². The lowest BCUT2D eigenvalue weighted by Gasteiger charge is -2.45. The number of halogens is 2. The first-order chi connectivity index (χ1) is 15.0. The summed E-state index contributed by atoms with van der Waals surface area (Å²) < 4.78 is 16.7. The number of aromatic amines is 1. The quantitative estimate of drug-likeness (QED) is 0.475. The van der Waals surface area contributed by atoms with Crippen molar-refractivity contribution in [3.8, 4) is 11.4 Å². The lowest BCUT2D eigenvalue weighted by Crippen LogP contribution is -2.43. The Morgan fingerprint density at radius 3 is 2.94 bits per heavy atom. The van der Waals surface area contributed by atoms with Gasteiger partial charge in [0.1, 0.15) is 11.3 Å². The molecule has 7 rings (SSSR count). The Bertz CT molecular complexity index is 1400. The van der Waals surface area contributed by atoms with Crippen LogP contribution < -0.4 is 5.32 Å². The first-order valence-electron chi connectivity index (χ1n) is 10.1. The summed E-state index contributed by atoms with van der Waals surface area (Å²) >= 11 is 6.13. The highest BCUT2D eigenvalue weighted by Crippen LogP contribution is 2.51. The lowest BCUT2D eigenvalue weighted by molar-refractivity contribution is -0.125. The molecule has 0 saturated heterocycles. The van der Waals surface area contributed by atoms with Crippen LogP contribution in [0, 0.1) is 17.7 Å². The van der Waals surface area contributed by atoms with Crippen LogP contribution in [0.2, 0.25) is 5.02 Å². The molecule has 1 fully saturated rings. The van der Waals surface area contributed by atoms with Crippen LogP contribution in [0.3, 0.4) is 0 Å². The zero-order valence-corrected chi connectivity index (χ0v) is 17.3. The van der Waals surface area contributed by atoms with E-state index in [1.807, 2.05) is 10.6 Å². The average Bonchev–Trinajstić information content (AvgIpc) is 3.32. The van der Waals surface area contributed by atoms with Gasteiger partial charge in [-0.1, -0.05) is 23.3 Å². The smallest absolute Gasteiger partial charge is 0.228 e. The standard InChI is InChI=1S/C22H18ClFN6O/c1-25-22(31)14-4-10-2-11(3-10)18(14)30-9-17(24)16-8-28-20(29-21(16)30)15-7-27-19-13(15)5-12(23)6-26-19/h4-9,11,14,18H,2-3H2,1H3,(H,25,31)(H,26,27)/t14-,18-/m1/s1. The van der Waals surface area contributed by atoms with Crippen LogP contribution in [0.15, 0.2) is 42.5 Å². The highest BCUT2D eigenvalue weighted by atomic mass is 35.5. The van der Waals surface area contributed by atoms with Crippen molar-refractivity contribution < 1.29 is 9.18 Å². The van der Waals surface area contributed by atoms with E-state index in [9.17, 15) is 9.18 Å². The Morgan fingerprint density at radius 2 is 2.13 bits per heavy atom. The number of aromatic nitrogens is 5. The maximum Gasteiger partial charge on any atom is 0.228 e. The second-order valence-electron chi connectivity index (χ2n) is 8.19. The van der Waals surface area contributed by atoms with Crippen LogP contribution in [0.5, 0.6) is 0 Å². The molecule has 9 heteroatoms.